The Labute approximate surface area is 99.2 Å². The van der Waals surface area contributed by atoms with Crippen LogP contribution in [0.4, 0.5) is 30.4 Å². The minimum absolute atomic E-state index is 0.00259. The van der Waals surface area contributed by atoms with Gasteiger partial charge in [-0.2, -0.15) is 23.0 Å². The summed E-state index contributed by atoms with van der Waals surface area (Å²) in [6.07, 6.45) is -2.59. The highest BCUT2D eigenvalue weighted by Crippen LogP contribution is 2.31. The van der Waals surface area contributed by atoms with Crippen LogP contribution in [0.1, 0.15) is 5.56 Å². The van der Waals surface area contributed by atoms with Crippen LogP contribution < -0.4 is 17.2 Å². The lowest BCUT2D eigenvalue weighted by atomic mass is 10.2. The lowest BCUT2D eigenvalue weighted by Gasteiger charge is -2.10. The molecule has 0 bridgehead atoms. The van der Waals surface area contributed by atoms with Crippen molar-refractivity contribution in [2.45, 2.75) is 6.18 Å². The fourth-order valence-electron chi connectivity index (χ4n) is 1.35. The van der Waals surface area contributed by atoms with Crippen LogP contribution in [0, 0.1) is 0 Å². The van der Waals surface area contributed by atoms with Crippen LogP contribution in [0.3, 0.4) is 0 Å². The van der Waals surface area contributed by atoms with Gasteiger partial charge < -0.3 is 17.2 Å². The molecule has 0 saturated carbocycles. The topological polar surface area (TPSA) is 109 Å². The highest BCUT2D eigenvalue weighted by atomic mass is 19.4. The molecule has 96 valence electrons. The number of hydrogen-bond donors (Lipinski definition) is 3. The molecule has 0 aliphatic carbocycles. The number of nitrogen functional groups attached to an aromatic ring is 3. The van der Waals surface area contributed by atoms with E-state index in [1.807, 2.05) is 0 Å². The Morgan fingerprint density at radius 3 is 2.17 bits per heavy atom. The van der Waals surface area contributed by atoms with Crippen LogP contribution in [0.5, 0.6) is 0 Å². The van der Waals surface area contributed by atoms with Crippen molar-refractivity contribution >= 4 is 17.2 Å². The second kappa shape index (κ2) is 3.79. The molecule has 0 saturated heterocycles. The summed E-state index contributed by atoms with van der Waals surface area (Å²) in [5, 5.41) is 3.78. The average Bonchev–Trinajstić information content (AvgIpc) is 2.59. The van der Waals surface area contributed by atoms with Crippen molar-refractivity contribution in [1.29, 1.82) is 0 Å². The van der Waals surface area contributed by atoms with Crippen LogP contribution in [0.25, 0.3) is 5.82 Å². The maximum atomic E-state index is 12.4. The van der Waals surface area contributed by atoms with E-state index >= 15 is 0 Å². The summed E-state index contributed by atoms with van der Waals surface area (Å²) in [7, 11) is 0. The minimum Gasteiger partial charge on any atom is -0.396 e. The Balaban J connectivity index is 2.52. The Kier molecular flexibility index (Phi) is 2.53. The van der Waals surface area contributed by atoms with E-state index in [1.54, 1.807) is 0 Å². The van der Waals surface area contributed by atoms with Gasteiger partial charge in [0.1, 0.15) is 0 Å². The van der Waals surface area contributed by atoms with E-state index in [1.165, 1.54) is 6.20 Å². The van der Waals surface area contributed by atoms with Gasteiger partial charge in [0.2, 0.25) is 0 Å². The fourth-order valence-corrected chi connectivity index (χ4v) is 1.35. The molecule has 2 heterocycles. The van der Waals surface area contributed by atoms with Gasteiger partial charge in [0.05, 0.1) is 23.1 Å². The van der Waals surface area contributed by atoms with Gasteiger partial charge in [0.25, 0.3) is 0 Å². The minimum atomic E-state index is -4.51. The number of nitrogens with zero attached hydrogens (tertiary/aromatic N) is 3. The zero-order valence-corrected chi connectivity index (χ0v) is 8.94. The summed E-state index contributed by atoms with van der Waals surface area (Å²) in [6, 6.07) is 0.764. The van der Waals surface area contributed by atoms with Crippen LogP contribution >= 0.6 is 0 Å². The second-order valence-corrected chi connectivity index (χ2v) is 3.53. The Hall–Kier alpha value is -2.45. The molecule has 0 aliphatic heterocycles. The van der Waals surface area contributed by atoms with E-state index in [0.29, 0.717) is 6.20 Å². The van der Waals surface area contributed by atoms with Crippen molar-refractivity contribution in [2.75, 3.05) is 17.2 Å². The molecule has 2 rings (SSSR count). The molecule has 0 radical (unpaired) electrons. The number of hydrogen-bond acceptors (Lipinski definition) is 5. The van der Waals surface area contributed by atoms with E-state index < -0.39 is 11.7 Å². The zero-order chi connectivity index (χ0) is 13.5. The highest BCUT2D eigenvalue weighted by molar-refractivity contribution is 5.64. The Morgan fingerprint density at radius 2 is 1.72 bits per heavy atom. The number of nitrogens with two attached hydrogens (primary N) is 3. The number of alkyl halides is 3. The first kappa shape index (κ1) is 12.0. The van der Waals surface area contributed by atoms with Crippen molar-refractivity contribution in [3.05, 3.63) is 24.0 Å². The van der Waals surface area contributed by atoms with Crippen LogP contribution in [0.2, 0.25) is 0 Å². The third kappa shape index (κ3) is 1.90. The summed E-state index contributed by atoms with van der Waals surface area (Å²) in [5.41, 5.74) is 15.6. The summed E-state index contributed by atoms with van der Waals surface area (Å²) in [4.78, 5) is 3.61. The van der Waals surface area contributed by atoms with Gasteiger partial charge in [-0.1, -0.05) is 0 Å². The van der Waals surface area contributed by atoms with Crippen molar-refractivity contribution in [3.63, 3.8) is 0 Å². The van der Waals surface area contributed by atoms with Gasteiger partial charge in [0.15, 0.2) is 11.6 Å². The summed E-state index contributed by atoms with van der Waals surface area (Å²) < 4.78 is 38.3. The number of anilines is 3. The lowest BCUT2D eigenvalue weighted by molar-refractivity contribution is -0.137. The molecule has 0 atom stereocenters. The molecule has 6 nitrogen and oxygen atoms in total. The standard InChI is InChI=1S/C9H9F3N6/c10-9(11,12)4-1-5(13)8(16-2-4)18-7(15)6(14)3-17-18/h1-3H,13-15H2. The van der Waals surface area contributed by atoms with Crippen molar-refractivity contribution < 1.29 is 13.2 Å². The third-order valence-electron chi connectivity index (χ3n) is 2.26. The maximum absolute atomic E-state index is 12.4. The highest BCUT2D eigenvalue weighted by Gasteiger charge is 2.31. The number of halogens is 3. The van der Waals surface area contributed by atoms with Gasteiger partial charge in [0, 0.05) is 6.20 Å². The van der Waals surface area contributed by atoms with Crippen molar-refractivity contribution in [2.24, 2.45) is 0 Å². The predicted octanol–water partition coefficient (Wildman–Crippen LogP) is 1.03. The van der Waals surface area contributed by atoms with Gasteiger partial charge in [-0.25, -0.2) is 4.98 Å². The first-order valence-electron chi connectivity index (χ1n) is 4.72. The molecule has 18 heavy (non-hydrogen) atoms. The normalized spacial score (nSPS) is 11.7. The van der Waals surface area contributed by atoms with Gasteiger partial charge in [-0.15, -0.1) is 0 Å². The molecule has 0 amide bonds. The van der Waals surface area contributed by atoms with E-state index in [0.717, 1.165) is 10.7 Å². The van der Waals surface area contributed by atoms with E-state index in [2.05, 4.69) is 10.1 Å². The first-order chi connectivity index (χ1) is 8.30. The molecule has 0 aromatic carbocycles. The quantitative estimate of drug-likeness (QED) is 0.707. The van der Waals surface area contributed by atoms with Gasteiger partial charge in [-0.05, 0) is 6.07 Å². The lowest BCUT2D eigenvalue weighted by Crippen LogP contribution is -2.11. The summed E-state index contributed by atoms with van der Waals surface area (Å²) >= 11 is 0. The van der Waals surface area contributed by atoms with E-state index in [9.17, 15) is 13.2 Å². The monoisotopic (exact) mass is 258 g/mol. The SMILES string of the molecule is Nc1cc(C(F)(F)F)cnc1-n1ncc(N)c1N. The smallest absolute Gasteiger partial charge is 0.396 e. The average molecular weight is 258 g/mol. The number of pyridine rings is 1. The Morgan fingerprint density at radius 1 is 1.06 bits per heavy atom. The maximum Gasteiger partial charge on any atom is 0.417 e. The fraction of sp³-hybridized carbons (Fsp3) is 0.111. The molecular formula is C9H9F3N6. The largest absolute Gasteiger partial charge is 0.417 e. The van der Waals surface area contributed by atoms with Crippen LogP contribution in [-0.2, 0) is 6.18 Å². The number of aromatic nitrogens is 3. The summed E-state index contributed by atoms with van der Waals surface area (Å²) in [5.74, 6) is 0.0613. The van der Waals surface area contributed by atoms with Crippen molar-refractivity contribution in [1.82, 2.24) is 14.8 Å². The molecule has 0 unspecified atom stereocenters. The molecule has 9 heteroatoms. The molecule has 0 spiro atoms. The van der Waals surface area contributed by atoms with Crippen molar-refractivity contribution in [3.8, 4) is 5.82 Å². The second-order valence-electron chi connectivity index (χ2n) is 3.53. The summed E-state index contributed by atoms with van der Waals surface area (Å²) in [6.45, 7) is 0. The van der Waals surface area contributed by atoms with E-state index in [-0.39, 0.29) is 23.0 Å². The van der Waals surface area contributed by atoms with Gasteiger partial charge in [-0.3, -0.25) is 0 Å². The molecule has 2 aromatic rings. The van der Waals surface area contributed by atoms with Crippen LogP contribution in [-0.4, -0.2) is 14.8 Å². The molecule has 0 aliphatic rings. The molecule has 2 aromatic heterocycles. The third-order valence-corrected chi connectivity index (χ3v) is 2.26. The molecule has 6 N–H and O–H groups in total. The zero-order valence-electron chi connectivity index (χ0n) is 8.94. The predicted molar refractivity (Wildman–Crippen MR) is 59.6 cm³/mol. The first-order valence-corrected chi connectivity index (χ1v) is 4.72. The van der Waals surface area contributed by atoms with E-state index in [4.69, 9.17) is 17.2 Å². The molecular weight excluding hydrogens is 249 g/mol. The molecule has 0 fully saturated rings. The Bertz CT molecular complexity index is 588. The van der Waals surface area contributed by atoms with Crippen LogP contribution in [0.15, 0.2) is 18.5 Å². The number of rotatable bonds is 1. The van der Waals surface area contributed by atoms with Gasteiger partial charge >= 0.3 is 6.18 Å².